The van der Waals surface area contributed by atoms with Crippen LogP contribution in [-0.2, 0) is 0 Å². The zero-order chi connectivity index (χ0) is 20.5. The van der Waals surface area contributed by atoms with Crippen molar-refractivity contribution in [1.82, 2.24) is 19.9 Å². The van der Waals surface area contributed by atoms with Crippen molar-refractivity contribution in [1.29, 1.82) is 0 Å². The fourth-order valence-electron chi connectivity index (χ4n) is 3.32. The molecule has 0 amide bonds. The Morgan fingerprint density at radius 3 is 1.47 bits per heavy atom. The second-order valence-corrected chi connectivity index (χ2v) is 6.88. The molecule has 0 aliphatic carbocycles. The second kappa shape index (κ2) is 7.25. The summed E-state index contributed by atoms with van der Waals surface area (Å²) in [5.41, 5.74) is 1.99. The molecule has 5 rings (SSSR count). The third-order valence-electron chi connectivity index (χ3n) is 4.81. The average molecular weight is 392 g/mol. The van der Waals surface area contributed by atoms with Crippen LogP contribution in [0.3, 0.4) is 0 Å². The Balaban J connectivity index is 1.60. The SMILES string of the molecule is O=c1[nH]c(=Cc2ccc3ccccc3n2)c(=O)[nH]c1=Cc1ccc2ccccc2n1. The van der Waals surface area contributed by atoms with Crippen LogP contribution in [0, 0.1) is 0 Å². The van der Waals surface area contributed by atoms with E-state index in [2.05, 4.69) is 19.9 Å². The Morgan fingerprint density at radius 2 is 1.00 bits per heavy atom. The first-order valence-electron chi connectivity index (χ1n) is 9.43. The first-order valence-corrected chi connectivity index (χ1v) is 9.43. The van der Waals surface area contributed by atoms with Crippen LogP contribution in [0.25, 0.3) is 34.0 Å². The number of hydrogen-bond acceptors (Lipinski definition) is 4. The molecule has 5 aromatic rings. The van der Waals surface area contributed by atoms with Gasteiger partial charge >= 0.3 is 0 Å². The number of aromatic nitrogens is 4. The number of rotatable bonds is 2. The van der Waals surface area contributed by atoms with Gasteiger partial charge in [0.1, 0.15) is 10.7 Å². The molecule has 0 fully saturated rings. The van der Waals surface area contributed by atoms with E-state index in [0.29, 0.717) is 11.4 Å². The fourth-order valence-corrected chi connectivity index (χ4v) is 3.32. The number of pyridine rings is 2. The van der Waals surface area contributed by atoms with Gasteiger partial charge in [-0.25, -0.2) is 9.97 Å². The van der Waals surface area contributed by atoms with E-state index in [0.717, 1.165) is 21.8 Å². The molecule has 6 nitrogen and oxygen atoms in total. The van der Waals surface area contributed by atoms with Crippen molar-refractivity contribution in [3.05, 3.63) is 116 Å². The van der Waals surface area contributed by atoms with Gasteiger partial charge in [0, 0.05) is 10.8 Å². The number of para-hydroxylation sites is 2. The second-order valence-electron chi connectivity index (χ2n) is 6.88. The minimum Gasteiger partial charge on any atom is -0.316 e. The highest BCUT2D eigenvalue weighted by atomic mass is 16.1. The molecule has 0 radical (unpaired) electrons. The van der Waals surface area contributed by atoms with Gasteiger partial charge in [-0.15, -0.1) is 0 Å². The van der Waals surface area contributed by atoms with Crippen molar-refractivity contribution in [2.24, 2.45) is 0 Å². The van der Waals surface area contributed by atoms with E-state index in [9.17, 15) is 9.59 Å². The highest BCUT2D eigenvalue weighted by Crippen LogP contribution is 2.12. The Bertz CT molecular complexity index is 1520. The molecule has 0 spiro atoms. The van der Waals surface area contributed by atoms with Gasteiger partial charge in [0.05, 0.1) is 22.4 Å². The van der Waals surface area contributed by atoms with Crippen LogP contribution in [0.5, 0.6) is 0 Å². The van der Waals surface area contributed by atoms with Gasteiger partial charge in [-0.1, -0.05) is 48.5 Å². The smallest absolute Gasteiger partial charge is 0.272 e. The Hall–Kier alpha value is -4.32. The van der Waals surface area contributed by atoms with E-state index in [1.165, 1.54) is 0 Å². The number of fused-ring (bicyclic) bond motifs is 2. The molecule has 0 saturated carbocycles. The summed E-state index contributed by atoms with van der Waals surface area (Å²) in [7, 11) is 0. The zero-order valence-corrected chi connectivity index (χ0v) is 15.8. The third kappa shape index (κ3) is 3.42. The molecule has 0 atom stereocenters. The van der Waals surface area contributed by atoms with Crippen molar-refractivity contribution in [2.75, 3.05) is 0 Å². The summed E-state index contributed by atoms with van der Waals surface area (Å²) in [6, 6.07) is 22.9. The molecular formula is C24H16N4O2. The highest BCUT2D eigenvalue weighted by Gasteiger charge is 2.00. The van der Waals surface area contributed by atoms with E-state index in [-0.39, 0.29) is 10.7 Å². The van der Waals surface area contributed by atoms with E-state index < -0.39 is 11.1 Å². The lowest BCUT2D eigenvalue weighted by Gasteiger charge is -1.99. The Labute approximate surface area is 169 Å². The van der Waals surface area contributed by atoms with Gasteiger partial charge in [-0.2, -0.15) is 0 Å². The molecule has 0 unspecified atom stereocenters. The molecule has 0 saturated heterocycles. The van der Waals surface area contributed by atoms with E-state index in [4.69, 9.17) is 0 Å². The maximum absolute atomic E-state index is 12.5. The van der Waals surface area contributed by atoms with Gasteiger partial charge in [0.25, 0.3) is 11.1 Å². The first kappa shape index (κ1) is 17.8. The van der Waals surface area contributed by atoms with Gasteiger partial charge in [0.2, 0.25) is 0 Å². The summed E-state index contributed by atoms with van der Waals surface area (Å²) in [6.45, 7) is 0. The topological polar surface area (TPSA) is 91.5 Å². The molecule has 0 aliphatic heterocycles. The maximum Gasteiger partial charge on any atom is 0.272 e. The number of benzene rings is 2. The summed E-state index contributed by atoms with van der Waals surface area (Å²) in [5.74, 6) is 0. The summed E-state index contributed by atoms with van der Waals surface area (Å²) in [6.07, 6.45) is 3.12. The number of nitrogens with zero attached hydrogens (tertiary/aromatic N) is 2. The fraction of sp³-hybridized carbons (Fsp3) is 0. The monoisotopic (exact) mass is 392 g/mol. The van der Waals surface area contributed by atoms with Gasteiger partial charge in [-0.3, -0.25) is 9.59 Å². The van der Waals surface area contributed by atoms with Crippen molar-refractivity contribution >= 4 is 34.0 Å². The van der Waals surface area contributed by atoms with E-state index in [1.54, 1.807) is 24.3 Å². The molecule has 0 bridgehead atoms. The normalized spacial score (nSPS) is 12.7. The highest BCUT2D eigenvalue weighted by molar-refractivity contribution is 5.80. The predicted molar refractivity (Wildman–Crippen MR) is 118 cm³/mol. The summed E-state index contributed by atoms with van der Waals surface area (Å²) in [4.78, 5) is 39.4. The van der Waals surface area contributed by atoms with Crippen LogP contribution in [-0.4, -0.2) is 19.9 Å². The molecule has 2 aromatic carbocycles. The predicted octanol–water partition coefficient (Wildman–Crippen LogP) is 1.82. The molecule has 0 aliphatic rings. The van der Waals surface area contributed by atoms with Crippen LogP contribution < -0.4 is 21.8 Å². The van der Waals surface area contributed by atoms with Crippen molar-refractivity contribution in [3.63, 3.8) is 0 Å². The lowest BCUT2D eigenvalue weighted by atomic mass is 10.2. The standard InChI is InChI=1S/C24H16N4O2/c29-23-21(13-17-11-9-15-5-1-3-7-19(15)25-17)27-24(30)22(28-23)14-18-12-10-16-6-2-4-8-20(16)26-18/h1-14H,(H,27,30)(H,28,29). The molecule has 3 aromatic heterocycles. The van der Waals surface area contributed by atoms with Gasteiger partial charge < -0.3 is 9.97 Å². The first-order chi connectivity index (χ1) is 14.7. The molecule has 6 heteroatoms. The van der Waals surface area contributed by atoms with Gasteiger partial charge in [0.15, 0.2) is 0 Å². The van der Waals surface area contributed by atoms with Crippen molar-refractivity contribution in [3.8, 4) is 0 Å². The van der Waals surface area contributed by atoms with Crippen LogP contribution in [0.15, 0.2) is 82.4 Å². The largest absolute Gasteiger partial charge is 0.316 e. The summed E-state index contributed by atoms with van der Waals surface area (Å²) in [5, 5.41) is 2.30. The number of nitrogens with one attached hydrogen (secondary N) is 2. The minimum atomic E-state index is -0.406. The molecule has 30 heavy (non-hydrogen) atoms. The van der Waals surface area contributed by atoms with Crippen LogP contribution in [0.4, 0.5) is 0 Å². The minimum absolute atomic E-state index is 0.145. The van der Waals surface area contributed by atoms with Crippen LogP contribution in [0.1, 0.15) is 11.4 Å². The summed E-state index contributed by atoms with van der Waals surface area (Å²) < 4.78 is 0. The van der Waals surface area contributed by atoms with E-state index in [1.807, 2.05) is 60.7 Å². The lowest BCUT2D eigenvalue weighted by molar-refractivity contribution is 1.000. The molecule has 3 heterocycles. The lowest BCUT2D eigenvalue weighted by Crippen LogP contribution is -2.46. The van der Waals surface area contributed by atoms with Crippen molar-refractivity contribution in [2.45, 2.75) is 0 Å². The zero-order valence-electron chi connectivity index (χ0n) is 15.8. The quantitative estimate of drug-likeness (QED) is 0.479. The number of hydrogen-bond donors (Lipinski definition) is 2. The van der Waals surface area contributed by atoms with Crippen LogP contribution >= 0.6 is 0 Å². The maximum atomic E-state index is 12.5. The Morgan fingerprint density at radius 1 is 0.567 bits per heavy atom. The summed E-state index contributed by atoms with van der Waals surface area (Å²) >= 11 is 0. The van der Waals surface area contributed by atoms with Gasteiger partial charge in [-0.05, 0) is 36.4 Å². The van der Waals surface area contributed by atoms with E-state index >= 15 is 0 Å². The molecule has 2 N–H and O–H groups in total. The van der Waals surface area contributed by atoms with Crippen molar-refractivity contribution < 1.29 is 0 Å². The average Bonchev–Trinajstić information content (AvgIpc) is 2.77. The Kier molecular flexibility index (Phi) is 4.29. The molecule has 144 valence electrons. The molecular weight excluding hydrogens is 376 g/mol. The number of aromatic amines is 2. The van der Waals surface area contributed by atoms with Crippen LogP contribution in [0.2, 0.25) is 0 Å². The number of H-pyrrole nitrogens is 2. The third-order valence-corrected chi connectivity index (χ3v) is 4.81.